The largest absolute Gasteiger partial charge is 0.383 e. The standard InChI is InChI=1S/C24H32N2O3S/c1-29-15-13-25-23(27)22-20(19-11-5-6-12-21(19)30-22)16-18-10-7-14-26(18)24(28)17-8-3-2-4-9-17/h5-6,11-12,17-18H,2-4,7-10,13-16H2,1H3,(H,25,27). The van der Waals surface area contributed by atoms with Gasteiger partial charge in [0.05, 0.1) is 11.5 Å². The molecule has 0 radical (unpaired) electrons. The highest BCUT2D eigenvalue weighted by molar-refractivity contribution is 7.21. The SMILES string of the molecule is COCCNC(=O)c1sc2ccccc2c1CC1CCCN1C(=O)C1CCCCC1. The molecular formula is C24H32N2O3S. The molecule has 0 bridgehead atoms. The van der Waals surface area contributed by atoms with Crippen LogP contribution in [0.2, 0.25) is 0 Å². The second kappa shape index (κ2) is 9.92. The Hall–Kier alpha value is -1.92. The lowest BCUT2D eigenvalue weighted by Crippen LogP contribution is -2.41. The van der Waals surface area contributed by atoms with Gasteiger partial charge in [0, 0.05) is 36.9 Å². The van der Waals surface area contributed by atoms with E-state index in [1.807, 2.05) is 12.1 Å². The first kappa shape index (κ1) is 21.3. The lowest BCUT2D eigenvalue weighted by Gasteiger charge is -2.31. The van der Waals surface area contributed by atoms with Gasteiger partial charge in [-0.3, -0.25) is 9.59 Å². The number of amides is 2. The lowest BCUT2D eigenvalue weighted by atomic mass is 9.88. The van der Waals surface area contributed by atoms with Crippen LogP contribution in [0.5, 0.6) is 0 Å². The minimum Gasteiger partial charge on any atom is -0.383 e. The number of carbonyl (C=O) groups excluding carboxylic acids is 2. The molecule has 1 atom stereocenters. The van der Waals surface area contributed by atoms with Crippen molar-refractivity contribution in [2.24, 2.45) is 5.92 Å². The normalized spacial score (nSPS) is 20.0. The molecule has 1 aliphatic heterocycles. The summed E-state index contributed by atoms with van der Waals surface area (Å²) in [6.45, 7) is 1.86. The Morgan fingerprint density at radius 1 is 1.13 bits per heavy atom. The maximum atomic E-state index is 13.2. The van der Waals surface area contributed by atoms with Crippen LogP contribution in [-0.4, -0.2) is 49.6 Å². The molecule has 5 nitrogen and oxygen atoms in total. The van der Waals surface area contributed by atoms with Crippen molar-refractivity contribution < 1.29 is 14.3 Å². The Balaban J connectivity index is 1.56. The van der Waals surface area contributed by atoms with Gasteiger partial charge in [0.25, 0.3) is 5.91 Å². The van der Waals surface area contributed by atoms with Crippen LogP contribution in [-0.2, 0) is 16.0 Å². The van der Waals surface area contributed by atoms with Gasteiger partial charge in [-0.25, -0.2) is 0 Å². The number of rotatable bonds is 7. The highest BCUT2D eigenvalue weighted by Crippen LogP contribution is 2.35. The molecule has 1 N–H and O–H groups in total. The van der Waals surface area contributed by atoms with Crippen LogP contribution in [0.25, 0.3) is 10.1 Å². The van der Waals surface area contributed by atoms with E-state index < -0.39 is 0 Å². The molecule has 2 heterocycles. The van der Waals surface area contributed by atoms with Crippen molar-refractivity contribution in [2.45, 2.75) is 57.4 Å². The van der Waals surface area contributed by atoms with Crippen molar-refractivity contribution in [2.75, 3.05) is 26.8 Å². The lowest BCUT2D eigenvalue weighted by molar-refractivity contribution is -0.137. The Kier molecular flexibility index (Phi) is 7.05. The Morgan fingerprint density at radius 3 is 2.73 bits per heavy atom. The first-order valence-corrected chi connectivity index (χ1v) is 12.1. The second-order valence-corrected chi connectivity index (χ2v) is 9.57. The van der Waals surface area contributed by atoms with E-state index in [9.17, 15) is 9.59 Å². The third-order valence-corrected chi connectivity index (χ3v) is 7.76. The molecule has 2 fully saturated rings. The van der Waals surface area contributed by atoms with Crippen LogP contribution >= 0.6 is 11.3 Å². The van der Waals surface area contributed by atoms with Crippen molar-refractivity contribution in [1.82, 2.24) is 10.2 Å². The third kappa shape index (κ3) is 4.54. The summed E-state index contributed by atoms with van der Waals surface area (Å²) in [6.07, 6.45) is 8.53. The monoisotopic (exact) mass is 428 g/mol. The second-order valence-electron chi connectivity index (χ2n) is 8.52. The zero-order valence-electron chi connectivity index (χ0n) is 17.8. The van der Waals surface area contributed by atoms with Crippen LogP contribution in [0.3, 0.4) is 0 Å². The van der Waals surface area contributed by atoms with Gasteiger partial charge in [0.1, 0.15) is 0 Å². The predicted octanol–water partition coefficient (Wildman–Crippen LogP) is 4.39. The number of carbonyl (C=O) groups is 2. The zero-order chi connectivity index (χ0) is 20.9. The van der Waals surface area contributed by atoms with E-state index in [2.05, 4.69) is 22.3 Å². The van der Waals surface area contributed by atoms with Crippen molar-refractivity contribution in [3.63, 3.8) is 0 Å². The smallest absolute Gasteiger partial charge is 0.261 e. The summed E-state index contributed by atoms with van der Waals surface area (Å²) in [7, 11) is 1.63. The average molecular weight is 429 g/mol. The molecular weight excluding hydrogens is 396 g/mol. The molecule has 2 aliphatic rings. The molecule has 1 saturated carbocycles. The summed E-state index contributed by atoms with van der Waals surface area (Å²) in [5.41, 5.74) is 1.10. The number of likely N-dealkylation sites (tertiary alicyclic amines) is 1. The van der Waals surface area contributed by atoms with Gasteiger partial charge in [0.15, 0.2) is 0 Å². The van der Waals surface area contributed by atoms with Gasteiger partial charge < -0.3 is 15.0 Å². The molecule has 2 aromatic rings. The first-order chi connectivity index (χ1) is 14.7. The fraction of sp³-hybridized carbons (Fsp3) is 0.583. The third-order valence-electron chi connectivity index (χ3n) is 6.55. The average Bonchev–Trinajstić information content (AvgIpc) is 3.39. The number of nitrogens with zero attached hydrogens (tertiary/aromatic N) is 1. The maximum absolute atomic E-state index is 13.2. The Labute approximate surface area is 182 Å². The van der Waals surface area contributed by atoms with E-state index in [0.717, 1.165) is 59.2 Å². The van der Waals surface area contributed by atoms with E-state index in [4.69, 9.17) is 4.74 Å². The summed E-state index contributed by atoms with van der Waals surface area (Å²) in [4.78, 5) is 29.1. The van der Waals surface area contributed by atoms with Gasteiger partial charge in [-0.05, 0) is 49.1 Å². The van der Waals surface area contributed by atoms with E-state index in [1.165, 1.54) is 19.3 Å². The summed E-state index contributed by atoms with van der Waals surface area (Å²) >= 11 is 1.55. The minimum absolute atomic E-state index is 0.0357. The number of thiophene rings is 1. The van der Waals surface area contributed by atoms with Gasteiger partial charge in [-0.15, -0.1) is 11.3 Å². The van der Waals surface area contributed by atoms with E-state index >= 15 is 0 Å². The Morgan fingerprint density at radius 2 is 1.93 bits per heavy atom. The number of fused-ring (bicyclic) bond motifs is 1. The highest BCUT2D eigenvalue weighted by Gasteiger charge is 2.34. The number of benzene rings is 1. The van der Waals surface area contributed by atoms with E-state index in [-0.39, 0.29) is 17.9 Å². The summed E-state index contributed by atoms with van der Waals surface area (Å²) in [6, 6.07) is 8.43. The van der Waals surface area contributed by atoms with Crippen LogP contribution < -0.4 is 5.32 Å². The zero-order valence-corrected chi connectivity index (χ0v) is 18.6. The molecule has 162 valence electrons. The van der Waals surface area contributed by atoms with Crippen molar-refractivity contribution in [1.29, 1.82) is 0 Å². The molecule has 30 heavy (non-hydrogen) atoms. The van der Waals surface area contributed by atoms with Crippen molar-refractivity contribution >= 4 is 33.2 Å². The molecule has 4 rings (SSSR count). The highest BCUT2D eigenvalue weighted by atomic mass is 32.1. The number of hydrogen-bond acceptors (Lipinski definition) is 4. The molecule has 1 saturated heterocycles. The quantitative estimate of drug-likeness (QED) is 0.666. The molecule has 6 heteroatoms. The van der Waals surface area contributed by atoms with E-state index in [0.29, 0.717) is 19.1 Å². The topological polar surface area (TPSA) is 58.6 Å². The summed E-state index contributed by atoms with van der Waals surface area (Å²) in [5.74, 6) is 0.518. The minimum atomic E-state index is -0.0357. The van der Waals surface area contributed by atoms with Gasteiger partial charge in [-0.1, -0.05) is 37.5 Å². The van der Waals surface area contributed by atoms with E-state index in [1.54, 1.807) is 18.4 Å². The predicted molar refractivity (Wildman–Crippen MR) is 121 cm³/mol. The Bertz CT molecular complexity index is 888. The molecule has 1 aromatic heterocycles. The number of ether oxygens (including phenoxy) is 1. The summed E-state index contributed by atoms with van der Waals surface area (Å²) < 4.78 is 6.20. The van der Waals surface area contributed by atoms with Gasteiger partial charge in [-0.2, -0.15) is 0 Å². The van der Waals surface area contributed by atoms with Crippen LogP contribution in [0, 0.1) is 5.92 Å². The summed E-state index contributed by atoms with van der Waals surface area (Å²) in [5, 5.41) is 4.13. The molecule has 0 spiro atoms. The fourth-order valence-corrected chi connectivity index (χ4v) is 6.14. The fourth-order valence-electron chi connectivity index (χ4n) is 4.99. The van der Waals surface area contributed by atoms with Crippen LogP contribution in [0.4, 0.5) is 0 Å². The molecule has 1 aromatic carbocycles. The number of hydrogen-bond donors (Lipinski definition) is 1. The molecule has 1 unspecified atom stereocenters. The molecule has 1 aliphatic carbocycles. The first-order valence-electron chi connectivity index (χ1n) is 11.3. The van der Waals surface area contributed by atoms with Gasteiger partial charge in [0.2, 0.25) is 5.91 Å². The molecule has 2 amide bonds. The van der Waals surface area contributed by atoms with Crippen LogP contribution in [0.15, 0.2) is 24.3 Å². The number of nitrogens with one attached hydrogen (secondary N) is 1. The number of methoxy groups -OCH3 is 1. The van der Waals surface area contributed by atoms with Crippen LogP contribution in [0.1, 0.15) is 60.2 Å². The van der Waals surface area contributed by atoms with Crippen molar-refractivity contribution in [3.05, 3.63) is 34.7 Å². The maximum Gasteiger partial charge on any atom is 0.261 e. The van der Waals surface area contributed by atoms with Crippen molar-refractivity contribution in [3.8, 4) is 0 Å². The van der Waals surface area contributed by atoms with Gasteiger partial charge >= 0.3 is 0 Å².